The molecule has 0 spiro atoms. The second-order valence-electron chi connectivity index (χ2n) is 20.0. The van der Waals surface area contributed by atoms with Crippen LogP contribution in [-0.2, 0) is 35.1 Å². The molecule has 3 heterocycles. The third kappa shape index (κ3) is 10.9. The predicted molar refractivity (Wildman–Crippen MR) is 327 cm³/mol. The number of ether oxygens (including phenoxy) is 2. The molecule has 1 aromatic heterocycles. The van der Waals surface area contributed by atoms with Crippen molar-refractivity contribution in [3.8, 4) is 5.75 Å². The van der Waals surface area contributed by atoms with Crippen LogP contribution in [0.4, 0.5) is 9.52 Å². The lowest BCUT2D eigenvalue weighted by Gasteiger charge is -2.49. The van der Waals surface area contributed by atoms with Gasteiger partial charge in [0.25, 0.3) is 11.8 Å². The highest BCUT2D eigenvalue weighted by atomic mass is 32.2. The Kier molecular flexibility index (Phi) is 16.1. The summed E-state index contributed by atoms with van der Waals surface area (Å²) >= 11 is 2.61. The van der Waals surface area contributed by atoms with Gasteiger partial charge in [-0.1, -0.05) is 260 Å². The van der Waals surface area contributed by atoms with Crippen molar-refractivity contribution in [3.05, 3.63) is 340 Å². The number of hydrogen-bond donors (Lipinski definition) is 2. The fourth-order valence-corrected chi connectivity index (χ4v) is 12.9. The molecule has 84 heavy (non-hydrogen) atoms. The Morgan fingerprint density at radius 1 is 0.607 bits per heavy atom. The van der Waals surface area contributed by atoms with Crippen LogP contribution in [0.15, 0.2) is 289 Å². The van der Waals surface area contributed by atoms with Gasteiger partial charge in [0, 0.05) is 33.4 Å². The van der Waals surface area contributed by atoms with Gasteiger partial charge in [0.1, 0.15) is 35.0 Å². The zero-order chi connectivity index (χ0) is 57.3. The Balaban J connectivity index is 0.935. The number of β-lactam (4-membered cyclic amide) rings is 1. The van der Waals surface area contributed by atoms with E-state index in [1.54, 1.807) is 17.5 Å². The number of carbonyl (C=O) groups is 3. The summed E-state index contributed by atoms with van der Waals surface area (Å²) in [5, 5.41) is 13.1. The molecule has 0 saturated carbocycles. The molecule has 1 fully saturated rings. The van der Waals surface area contributed by atoms with Gasteiger partial charge in [-0.05, 0) is 39.9 Å². The van der Waals surface area contributed by atoms with E-state index in [0.717, 1.165) is 33.4 Å². The first-order valence-electron chi connectivity index (χ1n) is 27.3. The number of para-hydroxylation sites is 1. The van der Waals surface area contributed by atoms with Crippen molar-refractivity contribution in [2.45, 2.75) is 28.7 Å². The number of benzene rings is 9. The van der Waals surface area contributed by atoms with Crippen LogP contribution < -0.4 is 15.4 Å². The zero-order valence-corrected chi connectivity index (χ0v) is 46.7. The summed E-state index contributed by atoms with van der Waals surface area (Å²) < 4.78 is 27.4. The molecule has 2 aliphatic rings. The van der Waals surface area contributed by atoms with Crippen LogP contribution in [0.1, 0.15) is 56.3 Å². The summed E-state index contributed by atoms with van der Waals surface area (Å²) in [5.41, 5.74) is 4.37. The first kappa shape index (κ1) is 54.7. The zero-order valence-electron chi connectivity index (χ0n) is 45.1. The second-order valence-corrected chi connectivity index (χ2v) is 21.9. The summed E-state index contributed by atoms with van der Waals surface area (Å²) in [4.78, 5) is 59.0. The first-order chi connectivity index (χ1) is 41.3. The van der Waals surface area contributed by atoms with Gasteiger partial charge >= 0.3 is 5.97 Å². The van der Waals surface area contributed by atoms with Crippen LogP contribution in [0.25, 0.3) is 0 Å². The third-order valence-electron chi connectivity index (χ3n) is 14.9. The van der Waals surface area contributed by atoms with Crippen molar-refractivity contribution in [1.82, 2.24) is 15.2 Å². The monoisotopic (exact) mass is 1140 g/mol. The maximum absolute atomic E-state index is 15.6. The van der Waals surface area contributed by atoms with Crippen molar-refractivity contribution in [1.29, 1.82) is 0 Å². The molecule has 14 heteroatoms. The van der Waals surface area contributed by atoms with Gasteiger partial charge in [-0.3, -0.25) is 14.5 Å². The number of aromatic nitrogens is 1. The standard InChI is InChI=1S/C70H54FN5O6S2/c71-57-43-25-26-44-59(57)80-45-50-46-83-66-61(65(78)76(66)62(50)67(79)81-63(48-27-9-1-10-28-48)49-29-11-2-12-30-49)73-64(77)60(75-82-70(54-37-19-6-20-38-54,55-39-21-7-22-40-55)56-41-23-8-24-42-56)58-47-84-68(72-58)74-69(51-31-13-3-14-32-51,52-33-15-4-16-34-52)53-35-17-5-18-36-53/h1-44,47,61,63,66H,45-46H2,(H,72,74)(H,73,77)/b75-60+/t61?,66-/m1/s1. The smallest absolute Gasteiger partial charge is 0.356 e. The summed E-state index contributed by atoms with van der Waals surface area (Å²) in [6.07, 6.45) is -0.856. The van der Waals surface area contributed by atoms with Gasteiger partial charge in [0.05, 0.1) is 0 Å². The minimum Gasteiger partial charge on any atom is -0.486 e. The molecule has 0 aliphatic carbocycles. The molecule has 1 unspecified atom stereocenters. The van der Waals surface area contributed by atoms with Gasteiger partial charge < -0.3 is 24.9 Å². The molecular weight excluding hydrogens is 1090 g/mol. The average Bonchev–Trinajstić information content (AvgIpc) is 3.33. The quantitative estimate of drug-likeness (QED) is 0.0252. The summed E-state index contributed by atoms with van der Waals surface area (Å²) in [7, 11) is 0. The van der Waals surface area contributed by atoms with E-state index < -0.39 is 52.3 Å². The number of fused-ring (bicyclic) bond motifs is 1. The van der Waals surface area contributed by atoms with Crippen LogP contribution in [0.5, 0.6) is 5.75 Å². The number of anilines is 1. The van der Waals surface area contributed by atoms with Gasteiger partial charge in [0.15, 0.2) is 28.5 Å². The number of halogens is 1. The van der Waals surface area contributed by atoms with Crippen LogP contribution >= 0.6 is 23.1 Å². The molecule has 0 bridgehead atoms. The van der Waals surface area contributed by atoms with Gasteiger partial charge in [-0.2, -0.15) is 0 Å². The molecular formula is C70H54FN5O6S2. The Morgan fingerprint density at radius 3 is 1.52 bits per heavy atom. The number of amides is 2. The fourth-order valence-electron chi connectivity index (χ4n) is 10.8. The van der Waals surface area contributed by atoms with Crippen molar-refractivity contribution < 1.29 is 33.1 Å². The number of thiazole rings is 1. The number of esters is 1. The lowest BCUT2D eigenvalue weighted by molar-refractivity contribution is -0.154. The number of rotatable bonds is 20. The Labute approximate surface area is 494 Å². The van der Waals surface area contributed by atoms with Crippen LogP contribution in [0, 0.1) is 5.82 Å². The second kappa shape index (κ2) is 24.7. The van der Waals surface area contributed by atoms with Crippen molar-refractivity contribution in [3.63, 3.8) is 0 Å². The van der Waals surface area contributed by atoms with Gasteiger partial charge in [-0.25, -0.2) is 14.2 Å². The van der Waals surface area contributed by atoms with Gasteiger partial charge in [0.2, 0.25) is 5.60 Å². The van der Waals surface area contributed by atoms with E-state index in [1.165, 1.54) is 40.1 Å². The van der Waals surface area contributed by atoms with Crippen LogP contribution in [0.2, 0.25) is 0 Å². The average molecular weight is 1140 g/mol. The molecule has 1 saturated heterocycles. The van der Waals surface area contributed by atoms with Crippen LogP contribution in [-0.4, -0.2) is 57.2 Å². The number of carbonyl (C=O) groups excluding carboxylic acids is 3. The molecule has 11 nitrogen and oxygen atoms in total. The third-order valence-corrected chi connectivity index (χ3v) is 17.0. The number of thioether (sulfide) groups is 1. The highest BCUT2D eigenvalue weighted by Gasteiger charge is 2.55. The fraction of sp³-hybridized carbons (Fsp3) is 0.100. The first-order valence-corrected chi connectivity index (χ1v) is 29.2. The SMILES string of the molecule is O=C(OC(c1ccccc1)c1ccccc1)C1=C(COc2ccccc2F)CS[C@@H]2C(NC(=O)/C(=N/OC(c3ccccc3)(c3ccccc3)c3ccccc3)c3csc(NC(c4ccccc4)(c4ccccc4)c4ccccc4)n3)C(=O)N12. The molecule has 2 atom stereocenters. The minimum absolute atomic E-state index is 0.0208. The number of oxime groups is 1. The molecule has 2 aliphatic heterocycles. The van der Waals surface area contributed by atoms with Gasteiger partial charge in [-0.15, -0.1) is 23.1 Å². The lowest BCUT2D eigenvalue weighted by atomic mass is 9.77. The molecule has 0 radical (unpaired) electrons. The van der Waals surface area contributed by atoms with Crippen molar-refractivity contribution in [2.75, 3.05) is 17.7 Å². The maximum atomic E-state index is 15.6. The highest BCUT2D eigenvalue weighted by molar-refractivity contribution is 8.00. The summed E-state index contributed by atoms with van der Waals surface area (Å²) in [6, 6.07) is 82.7. The Morgan fingerprint density at radius 2 is 1.05 bits per heavy atom. The van der Waals surface area contributed by atoms with E-state index in [2.05, 4.69) is 47.0 Å². The Hall–Kier alpha value is -9.89. The van der Waals surface area contributed by atoms with Crippen LogP contribution in [0.3, 0.4) is 0 Å². The van der Waals surface area contributed by atoms with E-state index in [-0.39, 0.29) is 35.2 Å². The van der Waals surface area contributed by atoms with E-state index in [4.69, 9.17) is 24.5 Å². The van der Waals surface area contributed by atoms with E-state index in [0.29, 0.717) is 21.8 Å². The molecule has 414 valence electrons. The Bertz CT molecular complexity index is 3730. The normalized spacial score (nSPS) is 15.1. The van der Waals surface area contributed by atoms with Crippen molar-refractivity contribution >= 4 is 51.7 Å². The van der Waals surface area contributed by atoms with E-state index >= 15 is 14.0 Å². The largest absolute Gasteiger partial charge is 0.486 e. The number of hydrogen-bond acceptors (Lipinski definition) is 11. The summed E-state index contributed by atoms with van der Waals surface area (Å²) in [5.74, 6) is -2.57. The highest BCUT2D eigenvalue weighted by Crippen LogP contribution is 2.45. The molecule has 2 amide bonds. The number of nitrogens with zero attached hydrogens (tertiary/aromatic N) is 3. The van der Waals surface area contributed by atoms with E-state index in [1.807, 2.05) is 206 Å². The number of nitrogens with one attached hydrogen (secondary N) is 2. The topological polar surface area (TPSA) is 131 Å². The van der Waals surface area contributed by atoms with Crippen molar-refractivity contribution in [2.24, 2.45) is 5.16 Å². The molecule has 10 aromatic rings. The maximum Gasteiger partial charge on any atom is 0.356 e. The minimum atomic E-state index is -1.41. The molecule has 12 rings (SSSR count). The summed E-state index contributed by atoms with van der Waals surface area (Å²) in [6.45, 7) is -0.229. The lowest BCUT2D eigenvalue weighted by Crippen LogP contribution is -2.71. The molecule has 2 N–H and O–H groups in total. The molecule has 9 aromatic carbocycles. The van der Waals surface area contributed by atoms with E-state index in [9.17, 15) is 4.79 Å². The predicted octanol–water partition coefficient (Wildman–Crippen LogP) is 13.5.